The Hall–Kier alpha value is -2.12. The number of hydrogen-bond donors (Lipinski definition) is 0. The molecule has 2 saturated heterocycles. The van der Waals surface area contributed by atoms with Gasteiger partial charge in [-0.25, -0.2) is 19.2 Å². The third-order valence-electron chi connectivity index (χ3n) is 2.50. The van der Waals surface area contributed by atoms with Gasteiger partial charge in [-0.15, -0.1) is 0 Å². The molecule has 0 radical (unpaired) electrons. The van der Waals surface area contributed by atoms with Crippen LogP contribution < -0.4 is 0 Å². The van der Waals surface area contributed by atoms with Crippen LogP contribution in [0.3, 0.4) is 0 Å². The van der Waals surface area contributed by atoms with E-state index in [2.05, 4.69) is 18.9 Å². The monoisotopic (exact) mass is 288 g/mol. The van der Waals surface area contributed by atoms with E-state index in [0.717, 1.165) is 0 Å². The second kappa shape index (κ2) is 6.36. The van der Waals surface area contributed by atoms with Crippen molar-refractivity contribution in [3.63, 3.8) is 0 Å². The van der Waals surface area contributed by atoms with E-state index in [9.17, 15) is 19.2 Å². The molecule has 0 saturated carbocycles. The number of carbonyl (C=O) groups excluding carboxylic acids is 4. The number of hydrogen-bond acceptors (Lipinski definition) is 8. The van der Waals surface area contributed by atoms with Crippen LogP contribution in [0.25, 0.3) is 0 Å². The summed E-state index contributed by atoms with van der Waals surface area (Å²) in [5.74, 6) is -1.92. The molecule has 0 unspecified atom stereocenters. The zero-order chi connectivity index (χ0) is 15.4. The summed E-state index contributed by atoms with van der Waals surface area (Å²) in [7, 11) is 0. The van der Waals surface area contributed by atoms with Crippen LogP contribution in [0.5, 0.6) is 0 Å². The summed E-state index contributed by atoms with van der Waals surface area (Å²) >= 11 is 0. The molecule has 2 fully saturated rings. The molecule has 2 aliphatic heterocycles. The van der Waals surface area contributed by atoms with Crippen molar-refractivity contribution >= 4 is 23.9 Å². The average molecular weight is 288 g/mol. The van der Waals surface area contributed by atoms with Crippen molar-refractivity contribution in [2.45, 2.75) is 52.1 Å². The van der Waals surface area contributed by atoms with E-state index in [0.29, 0.717) is 0 Å². The van der Waals surface area contributed by atoms with E-state index < -0.39 is 48.3 Å². The van der Waals surface area contributed by atoms with Gasteiger partial charge in [-0.05, 0) is 27.7 Å². The van der Waals surface area contributed by atoms with Gasteiger partial charge in [0.1, 0.15) is 0 Å². The first-order valence-electron chi connectivity index (χ1n) is 6.04. The standard InChI is InChI=1S/2C6H8O4/c2*1-3-5(7)10-4(2)6(8)9-3/h2*3-4H,1-2H3/t2*3-,4-/m10/s1. The normalized spacial score (nSPS) is 33.0. The van der Waals surface area contributed by atoms with E-state index in [1.54, 1.807) is 0 Å². The highest BCUT2D eigenvalue weighted by Crippen LogP contribution is 2.09. The van der Waals surface area contributed by atoms with Gasteiger partial charge in [-0.3, -0.25) is 0 Å². The second-order valence-corrected chi connectivity index (χ2v) is 4.32. The Morgan fingerprint density at radius 1 is 0.500 bits per heavy atom. The second-order valence-electron chi connectivity index (χ2n) is 4.32. The molecule has 0 aromatic heterocycles. The summed E-state index contributed by atoms with van der Waals surface area (Å²) in [6.45, 7) is 5.91. The van der Waals surface area contributed by atoms with E-state index in [1.165, 1.54) is 27.7 Å². The fraction of sp³-hybridized carbons (Fsp3) is 0.667. The number of esters is 4. The number of rotatable bonds is 0. The number of carbonyl (C=O) groups is 4. The molecule has 0 aromatic rings. The highest BCUT2D eigenvalue weighted by atomic mass is 16.7. The smallest absolute Gasteiger partial charge is 0.347 e. The van der Waals surface area contributed by atoms with E-state index >= 15 is 0 Å². The predicted molar refractivity (Wildman–Crippen MR) is 62.2 cm³/mol. The lowest BCUT2D eigenvalue weighted by molar-refractivity contribution is -0.191. The molecule has 2 aliphatic rings. The van der Waals surface area contributed by atoms with Crippen LogP contribution in [-0.2, 0) is 38.1 Å². The third-order valence-corrected chi connectivity index (χ3v) is 2.50. The highest BCUT2D eigenvalue weighted by Gasteiger charge is 2.32. The maximum Gasteiger partial charge on any atom is 0.347 e. The van der Waals surface area contributed by atoms with Crippen LogP contribution >= 0.6 is 0 Å². The molecule has 4 atom stereocenters. The summed E-state index contributed by atoms with van der Waals surface area (Å²) in [6, 6.07) is 0. The molecule has 0 aliphatic carbocycles. The van der Waals surface area contributed by atoms with Crippen LogP contribution in [0.4, 0.5) is 0 Å². The molecular weight excluding hydrogens is 272 g/mol. The first-order valence-corrected chi connectivity index (χ1v) is 6.04. The number of ether oxygens (including phenoxy) is 4. The molecule has 0 spiro atoms. The molecule has 20 heavy (non-hydrogen) atoms. The van der Waals surface area contributed by atoms with Crippen LogP contribution in [0.1, 0.15) is 27.7 Å². The maximum absolute atomic E-state index is 10.7. The molecule has 8 heteroatoms. The summed E-state index contributed by atoms with van der Waals surface area (Å²) in [6.07, 6.45) is -2.99. The van der Waals surface area contributed by atoms with Crippen LogP contribution in [0.15, 0.2) is 0 Å². The predicted octanol–water partition coefficient (Wildman–Crippen LogP) is -0.273. The fourth-order valence-electron chi connectivity index (χ4n) is 1.27. The Balaban J connectivity index is 0.000000200. The van der Waals surface area contributed by atoms with Crippen molar-refractivity contribution in [1.82, 2.24) is 0 Å². The molecule has 112 valence electrons. The zero-order valence-corrected chi connectivity index (χ0v) is 11.6. The lowest BCUT2D eigenvalue weighted by Gasteiger charge is -2.22. The van der Waals surface area contributed by atoms with Gasteiger partial charge in [0.15, 0.2) is 24.4 Å². The van der Waals surface area contributed by atoms with Gasteiger partial charge in [0, 0.05) is 0 Å². The first-order chi connectivity index (χ1) is 9.22. The topological polar surface area (TPSA) is 105 Å². The summed E-state index contributed by atoms with van der Waals surface area (Å²) in [4.78, 5) is 42.6. The van der Waals surface area contributed by atoms with Crippen molar-refractivity contribution in [2.75, 3.05) is 0 Å². The Labute approximate surface area is 115 Å². The summed E-state index contributed by atoms with van der Waals surface area (Å²) in [5.41, 5.74) is 0. The Morgan fingerprint density at radius 3 is 0.800 bits per heavy atom. The summed E-state index contributed by atoms with van der Waals surface area (Å²) < 4.78 is 18.4. The lowest BCUT2D eigenvalue weighted by atomic mass is 10.3. The molecule has 0 N–H and O–H groups in total. The van der Waals surface area contributed by atoms with Crippen molar-refractivity contribution < 1.29 is 38.1 Å². The molecule has 0 amide bonds. The van der Waals surface area contributed by atoms with Crippen molar-refractivity contribution in [2.24, 2.45) is 0 Å². The fourth-order valence-corrected chi connectivity index (χ4v) is 1.27. The van der Waals surface area contributed by atoms with Gasteiger partial charge in [0.2, 0.25) is 0 Å². The molecule has 0 aromatic carbocycles. The van der Waals surface area contributed by atoms with Crippen molar-refractivity contribution in [3.05, 3.63) is 0 Å². The van der Waals surface area contributed by atoms with E-state index in [4.69, 9.17) is 0 Å². The van der Waals surface area contributed by atoms with Crippen LogP contribution in [0.2, 0.25) is 0 Å². The first kappa shape index (κ1) is 15.9. The maximum atomic E-state index is 10.7. The van der Waals surface area contributed by atoms with Gasteiger partial charge in [0.25, 0.3) is 0 Å². The van der Waals surface area contributed by atoms with Crippen molar-refractivity contribution in [3.8, 4) is 0 Å². The average Bonchev–Trinajstić information content (AvgIpc) is 2.35. The number of cyclic esters (lactones) is 4. The van der Waals surface area contributed by atoms with Crippen LogP contribution in [-0.4, -0.2) is 48.3 Å². The molecule has 2 heterocycles. The quantitative estimate of drug-likeness (QED) is 0.443. The van der Waals surface area contributed by atoms with E-state index in [1.807, 2.05) is 0 Å². The van der Waals surface area contributed by atoms with Gasteiger partial charge in [-0.2, -0.15) is 0 Å². The zero-order valence-electron chi connectivity index (χ0n) is 11.6. The van der Waals surface area contributed by atoms with Crippen LogP contribution in [0, 0.1) is 0 Å². The highest BCUT2D eigenvalue weighted by molar-refractivity contribution is 5.87. The minimum Gasteiger partial charge on any atom is -0.448 e. The molecule has 0 bridgehead atoms. The van der Waals surface area contributed by atoms with Gasteiger partial charge in [-0.1, -0.05) is 0 Å². The Morgan fingerprint density at radius 2 is 0.650 bits per heavy atom. The third kappa shape index (κ3) is 3.94. The largest absolute Gasteiger partial charge is 0.448 e. The minimum absolute atomic E-state index is 0.480. The molecule has 2 rings (SSSR count). The minimum atomic E-state index is -0.747. The summed E-state index contributed by atoms with van der Waals surface area (Å²) in [5, 5.41) is 0. The Kier molecular flexibility index (Phi) is 5.06. The lowest BCUT2D eigenvalue weighted by Crippen LogP contribution is -2.40. The van der Waals surface area contributed by atoms with Gasteiger partial charge >= 0.3 is 23.9 Å². The molecular formula is C12H16O8. The van der Waals surface area contributed by atoms with Gasteiger partial charge in [0.05, 0.1) is 0 Å². The van der Waals surface area contributed by atoms with E-state index in [-0.39, 0.29) is 0 Å². The molecule has 8 nitrogen and oxygen atoms in total. The Bertz CT molecular complexity index is 349. The SMILES string of the molecule is C[C@@H]1OC(=O)[C@H](C)OC1=O.C[C@H]1OC(=O)[C@@H](C)OC1=O. The van der Waals surface area contributed by atoms with Gasteiger partial charge < -0.3 is 18.9 Å². The van der Waals surface area contributed by atoms with Crippen molar-refractivity contribution in [1.29, 1.82) is 0 Å².